The van der Waals surface area contributed by atoms with Crippen LogP contribution in [0.5, 0.6) is 0 Å². The first-order chi connectivity index (χ1) is 4.68. The molecule has 0 fully saturated rings. The predicted molar refractivity (Wildman–Crippen MR) is 38.2 cm³/mol. The number of hydrogen-bond donors (Lipinski definition) is 1. The number of hydrogen-bond acceptors (Lipinski definition) is 3. The van der Waals surface area contributed by atoms with Crippen LogP contribution in [0.25, 0.3) is 0 Å². The van der Waals surface area contributed by atoms with Crippen molar-refractivity contribution < 1.29 is 9.90 Å². The van der Waals surface area contributed by atoms with Gasteiger partial charge in [-0.05, 0) is 6.92 Å². The van der Waals surface area contributed by atoms with Crippen molar-refractivity contribution in [3.63, 3.8) is 0 Å². The van der Waals surface area contributed by atoms with E-state index in [0.29, 0.717) is 5.01 Å². The summed E-state index contributed by atoms with van der Waals surface area (Å²) in [7, 11) is 0. The SMILES string of the molecule is Cc1cnc(CC(=O)O)s1. The predicted octanol–water partition coefficient (Wildman–Crippen LogP) is 1.08. The van der Waals surface area contributed by atoms with Crippen molar-refractivity contribution in [3.05, 3.63) is 16.1 Å². The standard InChI is InChI=1S/C6H7NO2S/c1-4-3-7-5(10-4)2-6(8)9/h3H,2H2,1H3,(H,8,9). The lowest BCUT2D eigenvalue weighted by Crippen LogP contribution is -1.98. The second-order valence-corrected chi connectivity index (χ2v) is 3.25. The van der Waals surface area contributed by atoms with Crippen LogP contribution in [0, 0.1) is 6.92 Å². The van der Waals surface area contributed by atoms with E-state index >= 15 is 0 Å². The highest BCUT2D eigenvalue weighted by Gasteiger charge is 2.02. The Hall–Kier alpha value is -0.900. The van der Waals surface area contributed by atoms with Gasteiger partial charge in [0.1, 0.15) is 5.01 Å². The first-order valence-corrected chi connectivity index (χ1v) is 3.63. The zero-order valence-corrected chi connectivity index (χ0v) is 6.31. The van der Waals surface area contributed by atoms with Gasteiger partial charge in [0.2, 0.25) is 0 Å². The molecule has 0 amide bonds. The number of aryl methyl sites for hydroxylation is 1. The van der Waals surface area contributed by atoms with Crippen molar-refractivity contribution in [1.82, 2.24) is 4.98 Å². The van der Waals surface area contributed by atoms with Crippen LogP contribution in [0.3, 0.4) is 0 Å². The van der Waals surface area contributed by atoms with Gasteiger partial charge >= 0.3 is 5.97 Å². The van der Waals surface area contributed by atoms with Gasteiger partial charge in [0.25, 0.3) is 0 Å². The number of carboxylic acid groups (broad SMARTS) is 1. The van der Waals surface area contributed by atoms with E-state index in [2.05, 4.69) is 4.98 Å². The Balaban J connectivity index is 2.67. The third-order valence-corrected chi connectivity index (χ3v) is 1.88. The van der Waals surface area contributed by atoms with Gasteiger partial charge in [-0.2, -0.15) is 0 Å². The Kier molecular flexibility index (Phi) is 2.01. The number of aliphatic carboxylic acids is 1. The summed E-state index contributed by atoms with van der Waals surface area (Å²) < 4.78 is 0. The summed E-state index contributed by atoms with van der Waals surface area (Å²) >= 11 is 1.42. The summed E-state index contributed by atoms with van der Waals surface area (Å²) in [5.74, 6) is -0.825. The highest BCUT2D eigenvalue weighted by Crippen LogP contribution is 2.10. The maximum absolute atomic E-state index is 10.1. The molecule has 1 aromatic rings. The van der Waals surface area contributed by atoms with Crippen LogP contribution in [0.4, 0.5) is 0 Å². The maximum Gasteiger partial charge on any atom is 0.310 e. The monoisotopic (exact) mass is 157 g/mol. The van der Waals surface area contributed by atoms with Gasteiger partial charge in [-0.25, -0.2) is 4.98 Å². The molecule has 0 unspecified atom stereocenters. The zero-order chi connectivity index (χ0) is 7.56. The van der Waals surface area contributed by atoms with Crippen LogP contribution in [0.2, 0.25) is 0 Å². The Bertz CT molecular complexity index is 244. The number of rotatable bonds is 2. The minimum Gasteiger partial charge on any atom is -0.481 e. The summed E-state index contributed by atoms with van der Waals surface area (Å²) in [5, 5.41) is 9.01. The fourth-order valence-electron chi connectivity index (χ4n) is 0.613. The van der Waals surface area contributed by atoms with Crippen molar-refractivity contribution in [3.8, 4) is 0 Å². The first kappa shape index (κ1) is 7.21. The number of nitrogens with zero attached hydrogens (tertiary/aromatic N) is 1. The highest BCUT2D eigenvalue weighted by molar-refractivity contribution is 7.11. The van der Waals surface area contributed by atoms with E-state index in [-0.39, 0.29) is 6.42 Å². The molecule has 0 aliphatic heterocycles. The Morgan fingerprint density at radius 2 is 2.60 bits per heavy atom. The number of carboxylic acids is 1. The van der Waals surface area contributed by atoms with Crippen LogP contribution in [0.15, 0.2) is 6.20 Å². The van der Waals surface area contributed by atoms with Gasteiger partial charge in [0.05, 0.1) is 6.42 Å². The van der Waals surface area contributed by atoms with Crippen LogP contribution in [-0.4, -0.2) is 16.1 Å². The van der Waals surface area contributed by atoms with E-state index in [1.165, 1.54) is 11.3 Å². The summed E-state index contributed by atoms with van der Waals surface area (Å²) in [4.78, 5) is 15.1. The second kappa shape index (κ2) is 2.79. The molecule has 0 bridgehead atoms. The fraction of sp³-hybridized carbons (Fsp3) is 0.333. The normalized spacial score (nSPS) is 9.70. The molecule has 0 saturated heterocycles. The van der Waals surface area contributed by atoms with Crippen molar-refractivity contribution in [1.29, 1.82) is 0 Å². The fourth-order valence-corrected chi connectivity index (χ4v) is 1.39. The lowest BCUT2D eigenvalue weighted by molar-refractivity contribution is -0.136. The Morgan fingerprint density at radius 1 is 1.90 bits per heavy atom. The van der Waals surface area contributed by atoms with E-state index in [1.807, 2.05) is 6.92 Å². The Labute approximate surface area is 62.3 Å². The Morgan fingerprint density at radius 3 is 3.00 bits per heavy atom. The van der Waals surface area contributed by atoms with Gasteiger partial charge < -0.3 is 5.11 Å². The van der Waals surface area contributed by atoms with Gasteiger partial charge in [-0.1, -0.05) is 0 Å². The molecule has 4 heteroatoms. The average Bonchev–Trinajstić information content (AvgIpc) is 2.13. The number of thiazole rings is 1. The third kappa shape index (κ3) is 1.80. The van der Waals surface area contributed by atoms with Gasteiger partial charge in [0, 0.05) is 11.1 Å². The summed E-state index contributed by atoms with van der Waals surface area (Å²) in [6, 6.07) is 0. The van der Waals surface area contributed by atoms with Crippen molar-refractivity contribution in [2.45, 2.75) is 13.3 Å². The first-order valence-electron chi connectivity index (χ1n) is 2.81. The molecule has 0 radical (unpaired) electrons. The highest BCUT2D eigenvalue weighted by atomic mass is 32.1. The molecule has 0 aliphatic rings. The van der Waals surface area contributed by atoms with Crippen LogP contribution in [-0.2, 0) is 11.2 Å². The minimum atomic E-state index is -0.825. The summed E-state index contributed by atoms with van der Waals surface area (Å²) in [5.41, 5.74) is 0. The van der Waals surface area contributed by atoms with E-state index in [4.69, 9.17) is 5.11 Å². The molecule has 54 valence electrons. The molecule has 0 aromatic carbocycles. The van der Waals surface area contributed by atoms with Crippen LogP contribution < -0.4 is 0 Å². The molecule has 1 rings (SSSR count). The molecule has 3 nitrogen and oxygen atoms in total. The summed E-state index contributed by atoms with van der Waals surface area (Å²) in [6.07, 6.45) is 1.72. The average molecular weight is 157 g/mol. The molecular formula is C6H7NO2S. The molecular weight excluding hydrogens is 150 g/mol. The number of carbonyl (C=O) groups is 1. The van der Waals surface area contributed by atoms with Gasteiger partial charge in [0.15, 0.2) is 0 Å². The largest absolute Gasteiger partial charge is 0.481 e. The van der Waals surface area contributed by atoms with Crippen molar-refractivity contribution in [2.24, 2.45) is 0 Å². The van der Waals surface area contributed by atoms with E-state index < -0.39 is 5.97 Å². The lowest BCUT2D eigenvalue weighted by atomic mass is 10.5. The third-order valence-electron chi connectivity index (χ3n) is 0.972. The molecule has 0 saturated carbocycles. The molecule has 0 atom stereocenters. The van der Waals surface area contributed by atoms with Crippen molar-refractivity contribution >= 4 is 17.3 Å². The van der Waals surface area contributed by atoms with E-state index in [0.717, 1.165) is 4.88 Å². The molecule has 0 spiro atoms. The summed E-state index contributed by atoms with van der Waals surface area (Å²) in [6.45, 7) is 1.91. The topological polar surface area (TPSA) is 50.2 Å². The molecule has 10 heavy (non-hydrogen) atoms. The van der Waals surface area contributed by atoms with E-state index in [1.54, 1.807) is 6.20 Å². The van der Waals surface area contributed by atoms with Gasteiger partial charge in [-0.3, -0.25) is 4.79 Å². The molecule has 1 aromatic heterocycles. The lowest BCUT2D eigenvalue weighted by Gasteiger charge is -1.84. The molecule has 1 N–H and O–H groups in total. The van der Waals surface area contributed by atoms with Crippen LogP contribution >= 0.6 is 11.3 Å². The van der Waals surface area contributed by atoms with Crippen molar-refractivity contribution in [2.75, 3.05) is 0 Å². The van der Waals surface area contributed by atoms with Gasteiger partial charge in [-0.15, -0.1) is 11.3 Å². The van der Waals surface area contributed by atoms with E-state index in [9.17, 15) is 4.79 Å². The second-order valence-electron chi connectivity index (χ2n) is 1.94. The van der Waals surface area contributed by atoms with Crippen LogP contribution in [0.1, 0.15) is 9.88 Å². The quantitative estimate of drug-likeness (QED) is 0.698. The molecule has 0 aliphatic carbocycles. The molecule has 1 heterocycles. The smallest absolute Gasteiger partial charge is 0.310 e. The maximum atomic E-state index is 10.1. The zero-order valence-electron chi connectivity index (χ0n) is 5.50. The number of aromatic nitrogens is 1. The minimum absolute atomic E-state index is 0.0402.